The summed E-state index contributed by atoms with van der Waals surface area (Å²) in [6.07, 6.45) is 1.68. The van der Waals surface area contributed by atoms with Crippen LogP contribution in [-0.4, -0.2) is 26.6 Å². The number of nitrogens with one attached hydrogen (secondary N) is 1. The summed E-state index contributed by atoms with van der Waals surface area (Å²) >= 11 is 0. The van der Waals surface area contributed by atoms with E-state index in [0.29, 0.717) is 30.8 Å². The molecule has 2 aromatic heterocycles. The molecule has 4 rings (SSSR count). The molecule has 6 heteroatoms. The van der Waals surface area contributed by atoms with Crippen molar-refractivity contribution in [3.05, 3.63) is 99.6 Å². The molecule has 0 bridgehead atoms. The molecule has 4 aromatic rings. The van der Waals surface area contributed by atoms with E-state index in [1.807, 2.05) is 62.4 Å². The number of rotatable bonds is 6. The van der Waals surface area contributed by atoms with Gasteiger partial charge in [0.1, 0.15) is 0 Å². The summed E-state index contributed by atoms with van der Waals surface area (Å²) in [4.78, 5) is 30.0. The van der Waals surface area contributed by atoms with Crippen molar-refractivity contribution in [1.29, 1.82) is 0 Å². The third-order valence-corrected chi connectivity index (χ3v) is 5.21. The quantitative estimate of drug-likeness (QED) is 0.540. The van der Waals surface area contributed by atoms with Crippen molar-refractivity contribution in [2.24, 2.45) is 0 Å². The zero-order valence-electron chi connectivity index (χ0n) is 17.1. The van der Waals surface area contributed by atoms with E-state index in [0.717, 1.165) is 22.2 Å². The molecule has 1 amide bonds. The van der Waals surface area contributed by atoms with E-state index in [4.69, 9.17) is 0 Å². The standard InChI is InChI=1S/C24H24N4O2/c1-17-7-5-9-19(15-17)16-28-21-11-6-12-25-22(21)27(24(28)30)14-13-26-23(29)20-10-4-3-8-18(20)2/h3-12,15H,13-14,16H2,1-2H3,(H,26,29). The zero-order valence-corrected chi connectivity index (χ0v) is 17.1. The molecule has 0 aliphatic carbocycles. The summed E-state index contributed by atoms with van der Waals surface area (Å²) in [6.45, 7) is 5.11. The average Bonchev–Trinajstić information content (AvgIpc) is 3.00. The van der Waals surface area contributed by atoms with Crippen LogP contribution < -0.4 is 11.0 Å². The van der Waals surface area contributed by atoms with Gasteiger partial charge in [-0.05, 0) is 43.2 Å². The van der Waals surface area contributed by atoms with Crippen molar-refractivity contribution in [2.45, 2.75) is 26.9 Å². The SMILES string of the molecule is Cc1cccc(Cn2c(=O)n(CCNC(=O)c3ccccc3C)c3ncccc32)c1. The van der Waals surface area contributed by atoms with E-state index < -0.39 is 0 Å². The third kappa shape index (κ3) is 3.89. The first-order valence-electron chi connectivity index (χ1n) is 9.98. The number of fused-ring (bicyclic) bond motifs is 1. The monoisotopic (exact) mass is 400 g/mol. The smallest absolute Gasteiger partial charge is 0.330 e. The van der Waals surface area contributed by atoms with Gasteiger partial charge in [0.2, 0.25) is 0 Å². The topological polar surface area (TPSA) is 68.9 Å². The number of carbonyl (C=O) groups excluding carboxylic acids is 1. The van der Waals surface area contributed by atoms with Crippen molar-refractivity contribution < 1.29 is 4.79 Å². The largest absolute Gasteiger partial charge is 0.350 e. The van der Waals surface area contributed by atoms with Crippen molar-refractivity contribution in [3.8, 4) is 0 Å². The number of carbonyl (C=O) groups is 1. The molecular weight excluding hydrogens is 376 g/mol. The Labute approximate surface area is 174 Å². The van der Waals surface area contributed by atoms with Gasteiger partial charge in [0.25, 0.3) is 5.91 Å². The Bertz CT molecular complexity index is 1270. The van der Waals surface area contributed by atoms with E-state index in [-0.39, 0.29) is 11.6 Å². The number of hydrogen-bond donors (Lipinski definition) is 1. The maximum absolute atomic E-state index is 13.2. The molecule has 1 N–H and O–H groups in total. The Morgan fingerprint density at radius 2 is 1.83 bits per heavy atom. The molecule has 2 heterocycles. The van der Waals surface area contributed by atoms with E-state index in [9.17, 15) is 9.59 Å². The normalized spacial score (nSPS) is 11.0. The number of nitrogens with zero attached hydrogens (tertiary/aromatic N) is 3. The van der Waals surface area contributed by atoms with Crippen LogP contribution in [-0.2, 0) is 13.1 Å². The van der Waals surface area contributed by atoms with Gasteiger partial charge in [0.05, 0.1) is 12.1 Å². The highest BCUT2D eigenvalue weighted by Gasteiger charge is 2.15. The number of aryl methyl sites for hydroxylation is 2. The fraction of sp³-hybridized carbons (Fsp3) is 0.208. The van der Waals surface area contributed by atoms with Crippen LogP contribution in [0.3, 0.4) is 0 Å². The fourth-order valence-electron chi connectivity index (χ4n) is 3.70. The molecule has 0 atom stereocenters. The van der Waals surface area contributed by atoms with Gasteiger partial charge in [-0.3, -0.25) is 13.9 Å². The Morgan fingerprint density at radius 3 is 2.63 bits per heavy atom. The van der Waals surface area contributed by atoms with Crippen molar-refractivity contribution in [1.82, 2.24) is 19.4 Å². The Kier molecular flexibility index (Phi) is 5.48. The first-order valence-corrected chi connectivity index (χ1v) is 9.98. The number of imidazole rings is 1. The van der Waals surface area contributed by atoms with Gasteiger partial charge in [-0.25, -0.2) is 9.78 Å². The van der Waals surface area contributed by atoms with Crippen LogP contribution in [0.4, 0.5) is 0 Å². The second-order valence-electron chi connectivity index (χ2n) is 7.43. The van der Waals surface area contributed by atoms with Crippen LogP contribution >= 0.6 is 0 Å². The zero-order chi connectivity index (χ0) is 21.1. The lowest BCUT2D eigenvalue weighted by Gasteiger charge is -2.08. The molecule has 0 aliphatic heterocycles. The Morgan fingerprint density at radius 1 is 1.00 bits per heavy atom. The first kappa shape index (κ1) is 19.6. The molecule has 30 heavy (non-hydrogen) atoms. The summed E-state index contributed by atoms with van der Waals surface area (Å²) in [6, 6.07) is 19.3. The molecule has 6 nitrogen and oxygen atoms in total. The highest BCUT2D eigenvalue weighted by Crippen LogP contribution is 2.13. The fourth-order valence-corrected chi connectivity index (χ4v) is 3.70. The van der Waals surface area contributed by atoms with Crippen molar-refractivity contribution in [2.75, 3.05) is 6.54 Å². The number of amides is 1. The van der Waals surface area contributed by atoms with Crippen LogP contribution in [0.1, 0.15) is 27.0 Å². The minimum absolute atomic E-state index is 0.129. The molecule has 0 fully saturated rings. The summed E-state index contributed by atoms with van der Waals surface area (Å²) < 4.78 is 3.36. The third-order valence-electron chi connectivity index (χ3n) is 5.21. The highest BCUT2D eigenvalue weighted by molar-refractivity contribution is 5.95. The summed E-state index contributed by atoms with van der Waals surface area (Å²) in [5.74, 6) is -0.141. The van der Waals surface area contributed by atoms with Gasteiger partial charge in [0.15, 0.2) is 5.65 Å². The van der Waals surface area contributed by atoms with Crippen LogP contribution in [0.2, 0.25) is 0 Å². The van der Waals surface area contributed by atoms with Crippen molar-refractivity contribution >= 4 is 17.1 Å². The Hall–Kier alpha value is -3.67. The van der Waals surface area contributed by atoms with Crippen LogP contribution in [0.5, 0.6) is 0 Å². The lowest BCUT2D eigenvalue weighted by atomic mass is 10.1. The van der Waals surface area contributed by atoms with E-state index in [2.05, 4.69) is 16.4 Å². The second kappa shape index (κ2) is 8.37. The van der Waals surface area contributed by atoms with Gasteiger partial charge in [-0.2, -0.15) is 0 Å². The predicted octanol–water partition coefficient (Wildman–Crippen LogP) is 3.29. The first-order chi connectivity index (χ1) is 14.5. The van der Waals surface area contributed by atoms with Gasteiger partial charge in [-0.1, -0.05) is 48.0 Å². The van der Waals surface area contributed by atoms with Gasteiger partial charge in [0, 0.05) is 24.8 Å². The van der Waals surface area contributed by atoms with Crippen LogP contribution in [0.15, 0.2) is 71.7 Å². The number of hydrogen-bond acceptors (Lipinski definition) is 3. The lowest BCUT2D eigenvalue weighted by molar-refractivity contribution is 0.0951. The number of aromatic nitrogens is 3. The summed E-state index contributed by atoms with van der Waals surface area (Å²) in [5, 5.41) is 2.91. The van der Waals surface area contributed by atoms with E-state index in [1.165, 1.54) is 0 Å². The molecule has 0 spiro atoms. The predicted molar refractivity (Wildman–Crippen MR) is 118 cm³/mol. The number of benzene rings is 2. The summed E-state index contributed by atoms with van der Waals surface area (Å²) in [5.41, 5.74) is 5.06. The molecule has 0 radical (unpaired) electrons. The molecule has 0 saturated heterocycles. The number of pyridine rings is 1. The van der Waals surface area contributed by atoms with Crippen LogP contribution in [0.25, 0.3) is 11.2 Å². The van der Waals surface area contributed by atoms with Gasteiger partial charge in [-0.15, -0.1) is 0 Å². The minimum atomic E-state index is -0.141. The molecule has 2 aromatic carbocycles. The molecule has 0 saturated carbocycles. The van der Waals surface area contributed by atoms with E-state index >= 15 is 0 Å². The molecular formula is C24H24N4O2. The second-order valence-corrected chi connectivity index (χ2v) is 7.43. The molecule has 152 valence electrons. The van der Waals surface area contributed by atoms with Gasteiger partial charge >= 0.3 is 5.69 Å². The summed E-state index contributed by atoms with van der Waals surface area (Å²) in [7, 11) is 0. The van der Waals surface area contributed by atoms with E-state index in [1.54, 1.807) is 21.4 Å². The maximum atomic E-state index is 13.2. The molecule has 0 aliphatic rings. The minimum Gasteiger partial charge on any atom is -0.350 e. The van der Waals surface area contributed by atoms with Crippen molar-refractivity contribution in [3.63, 3.8) is 0 Å². The average molecular weight is 400 g/mol. The van der Waals surface area contributed by atoms with Gasteiger partial charge < -0.3 is 5.32 Å². The maximum Gasteiger partial charge on any atom is 0.330 e. The Balaban J connectivity index is 1.57. The molecule has 0 unspecified atom stereocenters. The highest BCUT2D eigenvalue weighted by atomic mass is 16.2. The lowest BCUT2D eigenvalue weighted by Crippen LogP contribution is -2.32. The van der Waals surface area contributed by atoms with Crippen LogP contribution in [0, 0.1) is 13.8 Å².